The molecule has 2 aliphatic carbocycles. The number of phenols is 2. The van der Waals surface area contributed by atoms with Crippen molar-refractivity contribution < 1.29 is 51.3 Å². The molecule has 2 fully saturated rings. The standard InChI is InChI=1S/C22H27F3N4O2.C11H11F3N2O2.C11H18N2O/c1-29(2)16(12-15-4-6-17(30)7-5-15)14-28-19(31)13-18(20-26-10-3-11-27-20)21(8-9-21)22(23,24)25;12-11(13,14)10(2-3-10)7(6-8(17)18)9-15-4-1-5-16-9;1-13(2)10(8-12)7-9-3-5-11(14)6-4-9/h3-7,10-11,16,18,30H,8-9,12-14H2,1-2H3,(H,28,31);1,4-5,7H,2-3,6H2,(H,17,18);3-6,10,14H,7-8,12H2,1-2H3/t16-,18?;;10-/m0.0/s1. The summed E-state index contributed by atoms with van der Waals surface area (Å²) in [7, 11) is 7.80. The van der Waals surface area contributed by atoms with Gasteiger partial charge in [-0.3, -0.25) is 9.59 Å². The highest BCUT2D eigenvalue weighted by Crippen LogP contribution is 2.66. The predicted octanol–water partition coefficient (Wildman–Crippen LogP) is 6.49. The molecule has 4 aromatic rings. The first kappa shape index (κ1) is 50.2. The van der Waals surface area contributed by atoms with Crippen LogP contribution in [0.15, 0.2) is 85.5 Å². The summed E-state index contributed by atoms with van der Waals surface area (Å²) in [6.07, 6.45) is -2.94. The van der Waals surface area contributed by atoms with Crippen molar-refractivity contribution in [2.24, 2.45) is 16.6 Å². The van der Waals surface area contributed by atoms with Crippen LogP contribution >= 0.6 is 0 Å². The number of likely N-dealkylation sites (N-methyl/N-ethyl adjacent to an activating group) is 2. The van der Waals surface area contributed by atoms with E-state index >= 15 is 0 Å². The van der Waals surface area contributed by atoms with E-state index in [1.165, 1.54) is 36.4 Å². The summed E-state index contributed by atoms with van der Waals surface area (Å²) in [5, 5.41) is 30.1. The highest BCUT2D eigenvalue weighted by atomic mass is 19.4. The quantitative estimate of drug-likeness (QED) is 0.0726. The van der Waals surface area contributed by atoms with Gasteiger partial charge in [0.2, 0.25) is 5.91 Å². The summed E-state index contributed by atoms with van der Waals surface area (Å²) in [5.41, 5.74) is 3.95. The number of alkyl halides is 6. The fourth-order valence-corrected chi connectivity index (χ4v) is 7.36. The van der Waals surface area contributed by atoms with Crippen LogP contribution in [0.2, 0.25) is 0 Å². The van der Waals surface area contributed by atoms with Crippen LogP contribution in [0.1, 0.15) is 73.1 Å². The first-order valence-electron chi connectivity index (χ1n) is 20.4. The number of benzene rings is 2. The van der Waals surface area contributed by atoms with Gasteiger partial charge >= 0.3 is 18.3 Å². The molecule has 0 spiro atoms. The molecule has 13 nitrogen and oxygen atoms in total. The number of carbonyl (C=O) groups excluding carboxylic acids is 1. The number of aromatic nitrogens is 4. The smallest absolute Gasteiger partial charge is 0.395 e. The van der Waals surface area contributed by atoms with Gasteiger partial charge in [0.15, 0.2) is 0 Å². The van der Waals surface area contributed by atoms with Crippen LogP contribution in [-0.2, 0) is 22.4 Å². The number of carboxylic acids is 1. The molecule has 0 aliphatic heterocycles. The van der Waals surface area contributed by atoms with Crippen LogP contribution < -0.4 is 11.1 Å². The number of aromatic hydroxyl groups is 2. The van der Waals surface area contributed by atoms with Crippen LogP contribution in [0.3, 0.4) is 0 Å². The Hall–Kier alpha value is -5.40. The van der Waals surface area contributed by atoms with Crippen molar-refractivity contribution >= 4 is 11.9 Å². The average molecular weight is 891 g/mol. The maximum Gasteiger partial charge on any atom is 0.395 e. The minimum Gasteiger partial charge on any atom is -0.508 e. The molecule has 6 N–H and O–H groups in total. The fraction of sp³-hybridized carbons (Fsp3) is 0.500. The van der Waals surface area contributed by atoms with Crippen LogP contribution in [0, 0.1) is 10.8 Å². The Bertz CT molecular complexity index is 2020. The van der Waals surface area contributed by atoms with Crippen LogP contribution in [0.25, 0.3) is 0 Å². The van der Waals surface area contributed by atoms with Crippen LogP contribution in [-0.4, -0.2) is 123 Å². The Kier molecular flexibility index (Phi) is 17.4. The van der Waals surface area contributed by atoms with E-state index < -0.39 is 53.3 Å². The Morgan fingerprint density at radius 3 is 1.35 bits per heavy atom. The molecule has 2 saturated carbocycles. The lowest BCUT2D eigenvalue weighted by atomic mass is 9.84. The molecule has 2 heterocycles. The summed E-state index contributed by atoms with van der Waals surface area (Å²) >= 11 is 0. The van der Waals surface area contributed by atoms with Crippen molar-refractivity contribution in [3.63, 3.8) is 0 Å². The topological polar surface area (TPSA) is 191 Å². The average Bonchev–Trinajstić information content (AvgIpc) is 4.17. The highest BCUT2D eigenvalue weighted by Gasteiger charge is 2.69. The van der Waals surface area contributed by atoms with Crippen molar-refractivity contribution in [1.82, 2.24) is 35.1 Å². The number of hydrogen-bond acceptors (Lipinski definition) is 11. The van der Waals surface area contributed by atoms with Crippen molar-refractivity contribution in [3.8, 4) is 11.5 Å². The number of amides is 1. The van der Waals surface area contributed by atoms with Gasteiger partial charge in [-0.2, -0.15) is 26.3 Å². The van der Waals surface area contributed by atoms with Gasteiger partial charge in [-0.05, 0) is 114 Å². The number of halogens is 6. The highest BCUT2D eigenvalue weighted by molar-refractivity contribution is 5.77. The first-order valence-corrected chi connectivity index (χ1v) is 20.4. The third kappa shape index (κ3) is 14.0. The van der Waals surface area contributed by atoms with E-state index in [1.54, 1.807) is 42.5 Å². The number of carboxylic acid groups (broad SMARTS) is 1. The molecule has 19 heteroatoms. The Morgan fingerprint density at radius 1 is 0.667 bits per heavy atom. The number of aliphatic carboxylic acids is 1. The Morgan fingerprint density at radius 2 is 1.03 bits per heavy atom. The minimum atomic E-state index is -4.42. The van der Waals surface area contributed by atoms with Crippen LogP contribution in [0.5, 0.6) is 11.5 Å². The molecule has 2 aromatic heterocycles. The van der Waals surface area contributed by atoms with Gasteiger partial charge in [-0.25, -0.2) is 19.9 Å². The second-order valence-electron chi connectivity index (χ2n) is 16.4. The monoisotopic (exact) mass is 890 g/mol. The zero-order valence-corrected chi connectivity index (χ0v) is 35.6. The predicted molar refractivity (Wildman–Crippen MR) is 222 cm³/mol. The van der Waals surface area contributed by atoms with Gasteiger partial charge in [-0.1, -0.05) is 24.3 Å². The molecule has 2 unspecified atom stereocenters. The number of phenolic OH excluding ortho intramolecular Hbond substituents is 2. The third-order valence-electron chi connectivity index (χ3n) is 11.7. The molecule has 1 amide bonds. The molecule has 6 rings (SSSR count). The number of rotatable bonds is 17. The van der Waals surface area contributed by atoms with E-state index in [2.05, 4.69) is 30.2 Å². The van der Waals surface area contributed by atoms with Gasteiger partial charge in [0.1, 0.15) is 23.1 Å². The van der Waals surface area contributed by atoms with E-state index in [9.17, 15) is 41.0 Å². The van der Waals surface area contributed by atoms with Gasteiger partial charge in [-0.15, -0.1) is 0 Å². The second kappa shape index (κ2) is 21.8. The zero-order chi connectivity index (χ0) is 46.6. The van der Waals surface area contributed by atoms with Crippen molar-refractivity contribution in [2.45, 2.75) is 87.6 Å². The molecular weight excluding hydrogens is 835 g/mol. The molecule has 4 atom stereocenters. The van der Waals surface area contributed by atoms with Gasteiger partial charge in [0.05, 0.1) is 17.3 Å². The van der Waals surface area contributed by atoms with E-state index in [1.807, 2.05) is 45.2 Å². The number of hydrogen-bond donors (Lipinski definition) is 5. The molecule has 2 aromatic carbocycles. The van der Waals surface area contributed by atoms with E-state index in [-0.39, 0.29) is 62.1 Å². The van der Waals surface area contributed by atoms with Gasteiger partial charge in [0.25, 0.3) is 0 Å². The molecule has 0 radical (unpaired) electrons. The van der Waals surface area contributed by atoms with E-state index in [4.69, 9.17) is 15.9 Å². The number of nitrogens with one attached hydrogen (secondary N) is 1. The summed E-state index contributed by atoms with van der Waals surface area (Å²) in [5.74, 6) is -3.56. The number of carbonyl (C=O) groups is 2. The minimum absolute atomic E-state index is 0.0200. The lowest BCUT2D eigenvalue weighted by molar-refractivity contribution is -0.196. The molecule has 2 aliphatic rings. The van der Waals surface area contributed by atoms with Crippen LogP contribution in [0.4, 0.5) is 26.3 Å². The first-order chi connectivity index (χ1) is 29.6. The lowest BCUT2D eigenvalue weighted by Gasteiger charge is -2.28. The second-order valence-corrected chi connectivity index (χ2v) is 16.4. The normalized spacial score (nSPS) is 16.9. The summed E-state index contributed by atoms with van der Waals surface area (Å²) < 4.78 is 80.4. The Balaban J connectivity index is 0.000000230. The third-order valence-corrected chi connectivity index (χ3v) is 11.7. The zero-order valence-electron chi connectivity index (χ0n) is 35.6. The molecule has 63 heavy (non-hydrogen) atoms. The van der Waals surface area contributed by atoms with Crippen molar-refractivity contribution in [2.75, 3.05) is 41.3 Å². The van der Waals surface area contributed by atoms with Gasteiger partial charge in [0, 0.05) is 68.2 Å². The van der Waals surface area contributed by atoms with Crippen molar-refractivity contribution in [3.05, 3.63) is 108 Å². The van der Waals surface area contributed by atoms with Gasteiger partial charge < -0.3 is 36.2 Å². The summed E-state index contributed by atoms with van der Waals surface area (Å²) in [6.45, 7) is 0.933. The van der Waals surface area contributed by atoms with Crippen molar-refractivity contribution in [1.29, 1.82) is 0 Å². The molecule has 344 valence electrons. The lowest BCUT2D eigenvalue weighted by Crippen LogP contribution is -2.43. The van der Waals surface area contributed by atoms with E-state index in [0.717, 1.165) is 12.0 Å². The van der Waals surface area contributed by atoms with E-state index in [0.29, 0.717) is 24.8 Å². The largest absolute Gasteiger partial charge is 0.508 e. The molecule has 0 bridgehead atoms. The molecular formula is C44H56F6N8O5. The molecule has 0 saturated heterocycles. The maximum atomic E-state index is 13.8. The SMILES string of the molecule is CN(C)[C@H](CN)Cc1ccc(O)cc1.CN(C)[C@H](CNC(=O)CC(c1ncccn1)C1(C(F)(F)F)CC1)Cc1ccc(O)cc1.O=C(O)CC(c1ncccn1)C1(C(F)(F)F)CC1. The summed E-state index contributed by atoms with van der Waals surface area (Å²) in [4.78, 5) is 43.1. The Labute approximate surface area is 362 Å². The summed E-state index contributed by atoms with van der Waals surface area (Å²) in [6, 6.07) is 17.4. The number of nitrogens with zero attached hydrogens (tertiary/aromatic N) is 6. The maximum absolute atomic E-state index is 13.8. The number of nitrogens with two attached hydrogens (primary N) is 1. The fourth-order valence-electron chi connectivity index (χ4n) is 7.36.